The summed E-state index contributed by atoms with van der Waals surface area (Å²) in [6.45, 7) is 6.35. The second-order valence-corrected chi connectivity index (χ2v) is 7.80. The van der Waals surface area contributed by atoms with Crippen LogP contribution >= 0.6 is 0 Å². The summed E-state index contributed by atoms with van der Waals surface area (Å²) in [5.41, 5.74) is 0.616. The van der Waals surface area contributed by atoms with Crippen molar-refractivity contribution in [2.24, 2.45) is 11.8 Å². The molecule has 4 atom stereocenters. The van der Waals surface area contributed by atoms with E-state index in [-0.39, 0.29) is 11.5 Å². The Morgan fingerprint density at radius 2 is 2.22 bits per heavy atom. The third kappa shape index (κ3) is 2.24. The molecule has 1 amide bonds. The van der Waals surface area contributed by atoms with Crippen molar-refractivity contribution in [3.63, 3.8) is 0 Å². The number of likely N-dealkylation sites (tertiary alicyclic amines) is 1. The number of carbonyl (C=O) groups excluding carboxylic acids is 1. The van der Waals surface area contributed by atoms with Crippen LogP contribution in [0.3, 0.4) is 0 Å². The summed E-state index contributed by atoms with van der Waals surface area (Å²) >= 11 is 0. The summed E-state index contributed by atoms with van der Waals surface area (Å²) in [6, 6.07) is 1.86. The highest BCUT2D eigenvalue weighted by atomic mass is 16.5. The van der Waals surface area contributed by atoms with Crippen molar-refractivity contribution in [3.05, 3.63) is 23.2 Å². The summed E-state index contributed by atoms with van der Waals surface area (Å²) in [5.74, 6) is 2.63. The molecule has 0 aliphatic carbocycles. The molecule has 5 heteroatoms. The average Bonchev–Trinajstić information content (AvgIpc) is 3.18. The highest BCUT2D eigenvalue weighted by Crippen LogP contribution is 2.55. The molecule has 5 nitrogen and oxygen atoms in total. The van der Waals surface area contributed by atoms with Gasteiger partial charge >= 0.3 is 0 Å². The number of hydrogen-bond acceptors (Lipinski definition) is 4. The predicted octanol–water partition coefficient (Wildman–Crippen LogP) is 2.08. The minimum Gasteiger partial charge on any atom is -0.466 e. The van der Waals surface area contributed by atoms with E-state index < -0.39 is 0 Å². The molecule has 23 heavy (non-hydrogen) atoms. The minimum atomic E-state index is -0.0896. The van der Waals surface area contributed by atoms with Gasteiger partial charge < -0.3 is 19.0 Å². The maximum atomic E-state index is 12.9. The molecule has 0 radical (unpaired) electrons. The molecule has 2 bridgehead atoms. The highest BCUT2D eigenvalue weighted by molar-refractivity contribution is 5.95. The van der Waals surface area contributed by atoms with Gasteiger partial charge in [0.15, 0.2) is 0 Å². The first-order chi connectivity index (χ1) is 10.9. The van der Waals surface area contributed by atoms with Gasteiger partial charge in [0.05, 0.1) is 23.8 Å². The van der Waals surface area contributed by atoms with Crippen LogP contribution in [-0.2, 0) is 4.74 Å². The lowest BCUT2D eigenvalue weighted by molar-refractivity contribution is 0.00254. The van der Waals surface area contributed by atoms with Gasteiger partial charge in [0, 0.05) is 24.9 Å². The van der Waals surface area contributed by atoms with E-state index in [0.717, 1.165) is 44.0 Å². The van der Waals surface area contributed by atoms with Gasteiger partial charge in [0.25, 0.3) is 5.91 Å². The fourth-order valence-corrected chi connectivity index (χ4v) is 5.02. The Morgan fingerprint density at radius 3 is 2.87 bits per heavy atom. The molecule has 4 heterocycles. The number of hydrogen-bond donors (Lipinski definition) is 0. The Balaban J connectivity index is 1.56. The van der Waals surface area contributed by atoms with E-state index >= 15 is 0 Å². The number of aryl methyl sites for hydroxylation is 2. The second-order valence-electron chi connectivity index (χ2n) is 7.80. The topological polar surface area (TPSA) is 45.9 Å². The molecule has 1 aromatic rings. The number of carbonyl (C=O) groups is 1. The normalized spacial score (nSPS) is 35.3. The summed E-state index contributed by atoms with van der Waals surface area (Å²) in [6.07, 6.45) is 2.62. The quantitative estimate of drug-likeness (QED) is 0.856. The zero-order chi connectivity index (χ0) is 16.4. The molecule has 3 aliphatic heterocycles. The standard InChI is InChI=1S/C18H26N2O3/c1-11-7-13(12(2)22-11)17(21)20-9-15-14(8-19(3)4)16-5-6-18(15,10-20)23-16/h7,14-16H,5-6,8-10H2,1-4H3/t14-,15+,16+,18+/m0/s1. The van der Waals surface area contributed by atoms with Crippen molar-refractivity contribution in [3.8, 4) is 0 Å². The van der Waals surface area contributed by atoms with Gasteiger partial charge in [-0.15, -0.1) is 0 Å². The van der Waals surface area contributed by atoms with Crippen LogP contribution in [0.2, 0.25) is 0 Å². The first kappa shape index (κ1) is 15.2. The van der Waals surface area contributed by atoms with Crippen LogP contribution in [0.5, 0.6) is 0 Å². The van der Waals surface area contributed by atoms with Crippen LogP contribution in [-0.4, -0.2) is 61.1 Å². The van der Waals surface area contributed by atoms with Crippen molar-refractivity contribution < 1.29 is 13.9 Å². The van der Waals surface area contributed by atoms with Crippen LogP contribution in [0.25, 0.3) is 0 Å². The highest BCUT2D eigenvalue weighted by Gasteiger charge is 2.63. The van der Waals surface area contributed by atoms with Gasteiger partial charge in [-0.2, -0.15) is 0 Å². The molecular weight excluding hydrogens is 292 g/mol. The Labute approximate surface area is 137 Å². The van der Waals surface area contributed by atoms with E-state index in [1.165, 1.54) is 0 Å². The second kappa shape index (κ2) is 5.08. The zero-order valence-electron chi connectivity index (χ0n) is 14.5. The maximum Gasteiger partial charge on any atom is 0.257 e. The molecular formula is C18H26N2O3. The average molecular weight is 318 g/mol. The van der Waals surface area contributed by atoms with E-state index in [9.17, 15) is 4.79 Å². The Morgan fingerprint density at radius 1 is 1.43 bits per heavy atom. The summed E-state index contributed by atoms with van der Waals surface area (Å²) in [5, 5.41) is 0. The smallest absolute Gasteiger partial charge is 0.257 e. The summed E-state index contributed by atoms with van der Waals surface area (Å²) in [7, 11) is 4.24. The fourth-order valence-electron chi connectivity index (χ4n) is 5.02. The molecule has 0 unspecified atom stereocenters. The van der Waals surface area contributed by atoms with E-state index in [1.54, 1.807) is 0 Å². The molecule has 0 aromatic carbocycles. The third-order valence-electron chi connectivity index (χ3n) is 5.92. The minimum absolute atomic E-state index is 0.0896. The van der Waals surface area contributed by atoms with Gasteiger partial charge in [-0.1, -0.05) is 0 Å². The first-order valence-electron chi connectivity index (χ1n) is 8.58. The molecule has 4 rings (SSSR count). The zero-order valence-corrected chi connectivity index (χ0v) is 14.5. The molecule has 3 aliphatic rings. The largest absolute Gasteiger partial charge is 0.466 e. The van der Waals surface area contributed by atoms with Crippen molar-refractivity contribution in [1.82, 2.24) is 9.80 Å². The Kier molecular flexibility index (Phi) is 3.36. The number of fused-ring (bicyclic) bond motifs is 1. The number of furan rings is 1. The van der Waals surface area contributed by atoms with Crippen molar-refractivity contribution in [1.29, 1.82) is 0 Å². The first-order valence-corrected chi connectivity index (χ1v) is 8.58. The van der Waals surface area contributed by atoms with Gasteiger partial charge in [0.1, 0.15) is 11.5 Å². The van der Waals surface area contributed by atoms with E-state index in [1.807, 2.05) is 24.8 Å². The lowest BCUT2D eigenvalue weighted by atomic mass is 9.73. The maximum absolute atomic E-state index is 12.9. The summed E-state index contributed by atoms with van der Waals surface area (Å²) < 4.78 is 11.9. The molecule has 3 saturated heterocycles. The Bertz CT molecular complexity index is 638. The van der Waals surface area contributed by atoms with Crippen LogP contribution in [0, 0.1) is 25.7 Å². The van der Waals surface area contributed by atoms with E-state index in [4.69, 9.17) is 9.15 Å². The van der Waals surface area contributed by atoms with E-state index in [0.29, 0.717) is 23.5 Å². The van der Waals surface area contributed by atoms with Gasteiger partial charge in [0.2, 0.25) is 0 Å². The van der Waals surface area contributed by atoms with Crippen molar-refractivity contribution in [2.45, 2.75) is 38.4 Å². The molecule has 0 N–H and O–H groups in total. The van der Waals surface area contributed by atoms with E-state index in [2.05, 4.69) is 19.0 Å². The van der Waals surface area contributed by atoms with Crippen LogP contribution < -0.4 is 0 Å². The molecule has 1 aromatic heterocycles. The summed E-state index contributed by atoms with van der Waals surface area (Å²) in [4.78, 5) is 17.2. The fraction of sp³-hybridized carbons (Fsp3) is 0.722. The molecule has 0 saturated carbocycles. The number of rotatable bonds is 3. The lowest BCUT2D eigenvalue weighted by Gasteiger charge is -2.30. The lowest BCUT2D eigenvalue weighted by Crippen LogP contribution is -2.40. The molecule has 126 valence electrons. The third-order valence-corrected chi connectivity index (χ3v) is 5.92. The Hall–Kier alpha value is -1.33. The molecule has 1 spiro atoms. The van der Waals surface area contributed by atoms with Crippen molar-refractivity contribution in [2.75, 3.05) is 33.7 Å². The van der Waals surface area contributed by atoms with Gasteiger partial charge in [-0.25, -0.2) is 0 Å². The monoisotopic (exact) mass is 318 g/mol. The SMILES string of the molecule is Cc1cc(C(=O)N2C[C@@H]3[C@H](CN(C)C)[C@H]4CC[C@]3(C2)O4)c(C)o1. The van der Waals surface area contributed by atoms with Crippen LogP contribution in [0.1, 0.15) is 34.7 Å². The van der Waals surface area contributed by atoms with Crippen molar-refractivity contribution >= 4 is 5.91 Å². The van der Waals surface area contributed by atoms with Gasteiger partial charge in [-0.05, 0) is 46.9 Å². The molecule has 3 fully saturated rings. The number of nitrogens with zero attached hydrogens (tertiary/aromatic N) is 2. The predicted molar refractivity (Wildman–Crippen MR) is 86.5 cm³/mol. The number of amides is 1. The van der Waals surface area contributed by atoms with Crippen LogP contribution in [0.15, 0.2) is 10.5 Å². The number of ether oxygens (including phenoxy) is 1. The van der Waals surface area contributed by atoms with Crippen LogP contribution in [0.4, 0.5) is 0 Å². The van der Waals surface area contributed by atoms with Gasteiger partial charge in [-0.3, -0.25) is 4.79 Å².